The molecule has 0 aromatic carbocycles. The Kier molecular flexibility index (Phi) is 3.61. The smallest absolute Gasteiger partial charge is 0.318 e. The number of urea groups is 1. The third-order valence-electron chi connectivity index (χ3n) is 2.49. The molecule has 1 aromatic heterocycles. The first kappa shape index (κ1) is 13.3. The molecular formula is C10H8Cl2N2O3S. The van der Waals surface area contributed by atoms with Crippen molar-refractivity contribution in [3.63, 3.8) is 0 Å². The van der Waals surface area contributed by atoms with Crippen LogP contribution in [0.25, 0.3) is 0 Å². The molecule has 1 aromatic rings. The number of hydrogen-bond donors (Lipinski definition) is 0. The zero-order valence-corrected chi connectivity index (χ0v) is 11.6. The van der Waals surface area contributed by atoms with Crippen LogP contribution in [-0.4, -0.2) is 47.7 Å². The SMILES string of the molecule is CN1CC(=O)N(CC(=O)c2cc(Cl)sc2Cl)C1=O. The molecule has 1 aliphatic rings. The fourth-order valence-corrected chi connectivity index (χ4v) is 3.08. The van der Waals surface area contributed by atoms with Crippen LogP contribution in [0, 0.1) is 0 Å². The molecule has 1 saturated heterocycles. The lowest BCUT2D eigenvalue weighted by molar-refractivity contribution is -0.125. The van der Waals surface area contributed by atoms with Crippen LogP contribution in [0.15, 0.2) is 6.07 Å². The van der Waals surface area contributed by atoms with Crippen molar-refractivity contribution in [2.45, 2.75) is 0 Å². The second-order valence-corrected chi connectivity index (χ2v) is 6.07. The monoisotopic (exact) mass is 306 g/mol. The molecule has 0 unspecified atom stereocenters. The highest BCUT2D eigenvalue weighted by Crippen LogP contribution is 2.31. The summed E-state index contributed by atoms with van der Waals surface area (Å²) in [5.74, 6) is -0.798. The third kappa shape index (κ3) is 2.36. The van der Waals surface area contributed by atoms with Crippen LogP contribution in [-0.2, 0) is 4.79 Å². The summed E-state index contributed by atoms with van der Waals surface area (Å²) in [6.45, 7) is -0.320. The summed E-state index contributed by atoms with van der Waals surface area (Å²) in [5, 5.41) is 0. The maximum Gasteiger partial charge on any atom is 0.327 e. The summed E-state index contributed by atoms with van der Waals surface area (Å²) in [4.78, 5) is 37.2. The zero-order chi connectivity index (χ0) is 13.4. The Labute approximate surface area is 117 Å². The van der Waals surface area contributed by atoms with E-state index in [0.717, 1.165) is 16.2 Å². The predicted octanol–water partition coefficient (Wildman–Crippen LogP) is 2.13. The first-order valence-corrected chi connectivity index (χ1v) is 6.51. The first-order valence-electron chi connectivity index (χ1n) is 4.93. The van der Waals surface area contributed by atoms with Gasteiger partial charge in [-0.3, -0.25) is 14.5 Å². The minimum absolute atomic E-state index is 0.00968. The van der Waals surface area contributed by atoms with E-state index >= 15 is 0 Å². The van der Waals surface area contributed by atoms with Gasteiger partial charge in [0.1, 0.15) is 10.9 Å². The number of amides is 3. The van der Waals surface area contributed by atoms with Gasteiger partial charge in [-0.2, -0.15) is 0 Å². The maximum atomic E-state index is 11.9. The van der Waals surface area contributed by atoms with Gasteiger partial charge in [-0.1, -0.05) is 23.2 Å². The molecule has 1 fully saturated rings. The van der Waals surface area contributed by atoms with Crippen molar-refractivity contribution < 1.29 is 14.4 Å². The highest BCUT2D eigenvalue weighted by molar-refractivity contribution is 7.20. The molecule has 18 heavy (non-hydrogen) atoms. The Morgan fingerprint density at radius 1 is 1.44 bits per heavy atom. The number of carbonyl (C=O) groups is 3. The van der Waals surface area contributed by atoms with E-state index in [-0.39, 0.29) is 23.0 Å². The number of hydrogen-bond acceptors (Lipinski definition) is 4. The van der Waals surface area contributed by atoms with E-state index in [1.807, 2.05) is 0 Å². The lowest BCUT2D eigenvalue weighted by Crippen LogP contribution is -2.36. The van der Waals surface area contributed by atoms with Crippen LogP contribution >= 0.6 is 34.5 Å². The van der Waals surface area contributed by atoms with Gasteiger partial charge < -0.3 is 4.90 Å². The largest absolute Gasteiger partial charge is 0.327 e. The van der Waals surface area contributed by atoms with E-state index in [9.17, 15) is 14.4 Å². The fraction of sp³-hybridized carbons (Fsp3) is 0.300. The molecular weight excluding hydrogens is 299 g/mol. The Morgan fingerprint density at radius 2 is 2.11 bits per heavy atom. The molecule has 2 heterocycles. The van der Waals surface area contributed by atoms with Gasteiger partial charge in [0.25, 0.3) is 5.91 Å². The van der Waals surface area contributed by atoms with Crippen molar-refractivity contribution in [2.24, 2.45) is 0 Å². The molecule has 0 radical (unpaired) electrons. The Hall–Kier alpha value is -1.11. The second-order valence-electron chi connectivity index (χ2n) is 3.78. The number of Topliss-reactive ketones (excluding diaryl/α,β-unsaturated/α-hetero) is 1. The normalized spacial score (nSPS) is 15.7. The van der Waals surface area contributed by atoms with Crippen LogP contribution < -0.4 is 0 Å². The average Bonchev–Trinajstić information content (AvgIpc) is 2.73. The number of nitrogens with zero attached hydrogens (tertiary/aromatic N) is 2. The molecule has 8 heteroatoms. The fourth-order valence-electron chi connectivity index (χ4n) is 1.58. The number of imide groups is 1. The highest BCUT2D eigenvalue weighted by atomic mass is 35.5. The van der Waals surface area contributed by atoms with Crippen LogP contribution in [0.1, 0.15) is 10.4 Å². The minimum Gasteiger partial charge on any atom is -0.318 e. The second kappa shape index (κ2) is 4.87. The van der Waals surface area contributed by atoms with Crippen molar-refractivity contribution in [3.05, 3.63) is 20.3 Å². The summed E-state index contributed by atoms with van der Waals surface area (Å²) in [5.41, 5.74) is 0.238. The van der Waals surface area contributed by atoms with Crippen molar-refractivity contribution in [1.29, 1.82) is 0 Å². The highest BCUT2D eigenvalue weighted by Gasteiger charge is 2.35. The van der Waals surface area contributed by atoms with E-state index in [1.54, 1.807) is 0 Å². The van der Waals surface area contributed by atoms with Crippen LogP contribution in [0.5, 0.6) is 0 Å². The van der Waals surface area contributed by atoms with Crippen molar-refractivity contribution in [1.82, 2.24) is 9.80 Å². The molecule has 3 amide bonds. The van der Waals surface area contributed by atoms with Crippen molar-refractivity contribution >= 4 is 52.3 Å². The van der Waals surface area contributed by atoms with Gasteiger partial charge in [-0.15, -0.1) is 11.3 Å². The lowest BCUT2D eigenvalue weighted by atomic mass is 10.2. The molecule has 2 rings (SSSR count). The number of carbonyl (C=O) groups excluding carboxylic acids is 3. The van der Waals surface area contributed by atoms with Crippen LogP contribution in [0.4, 0.5) is 4.79 Å². The average molecular weight is 307 g/mol. The summed E-state index contributed by atoms with van der Waals surface area (Å²) in [6.07, 6.45) is 0. The number of ketones is 1. The van der Waals surface area contributed by atoms with Crippen LogP contribution in [0.3, 0.4) is 0 Å². The maximum absolute atomic E-state index is 11.9. The van der Waals surface area contributed by atoms with Gasteiger partial charge in [0.05, 0.1) is 16.4 Å². The van der Waals surface area contributed by atoms with Gasteiger partial charge in [0.15, 0.2) is 5.78 Å². The molecule has 0 atom stereocenters. The van der Waals surface area contributed by atoms with Gasteiger partial charge in [0.2, 0.25) is 0 Å². The Morgan fingerprint density at radius 3 is 2.56 bits per heavy atom. The summed E-state index contributed by atoms with van der Waals surface area (Å²) >= 11 is 12.6. The van der Waals surface area contributed by atoms with E-state index < -0.39 is 17.7 Å². The van der Waals surface area contributed by atoms with Gasteiger partial charge >= 0.3 is 6.03 Å². The van der Waals surface area contributed by atoms with E-state index in [0.29, 0.717) is 4.34 Å². The van der Waals surface area contributed by atoms with Crippen molar-refractivity contribution in [2.75, 3.05) is 20.1 Å². The molecule has 5 nitrogen and oxygen atoms in total. The molecule has 96 valence electrons. The van der Waals surface area contributed by atoms with Crippen molar-refractivity contribution in [3.8, 4) is 0 Å². The lowest BCUT2D eigenvalue weighted by Gasteiger charge is -2.12. The molecule has 0 saturated carbocycles. The molecule has 1 aliphatic heterocycles. The molecule has 0 aliphatic carbocycles. The van der Waals surface area contributed by atoms with E-state index in [4.69, 9.17) is 23.2 Å². The quantitative estimate of drug-likeness (QED) is 0.635. The van der Waals surface area contributed by atoms with E-state index in [2.05, 4.69) is 0 Å². The first-order chi connectivity index (χ1) is 8.40. The summed E-state index contributed by atoms with van der Waals surface area (Å²) in [7, 11) is 1.50. The number of likely N-dealkylation sites (N-methyl/N-ethyl adjacent to an activating group) is 1. The zero-order valence-electron chi connectivity index (χ0n) is 9.27. The molecule has 0 bridgehead atoms. The number of halogens is 2. The predicted molar refractivity (Wildman–Crippen MR) is 68.4 cm³/mol. The van der Waals surface area contributed by atoms with Crippen LogP contribution in [0.2, 0.25) is 8.67 Å². The minimum atomic E-state index is -0.481. The standard InChI is InChI=1S/C10H8Cl2N2O3S/c1-13-4-8(16)14(10(13)17)3-6(15)5-2-7(11)18-9(5)12/h2H,3-4H2,1H3. The Bertz CT molecular complexity index is 543. The summed E-state index contributed by atoms with van der Waals surface area (Å²) in [6, 6.07) is 0.955. The molecule has 0 spiro atoms. The third-order valence-corrected chi connectivity index (χ3v) is 3.98. The van der Waals surface area contributed by atoms with E-state index in [1.165, 1.54) is 18.0 Å². The Balaban J connectivity index is 2.15. The summed E-state index contributed by atoms with van der Waals surface area (Å²) < 4.78 is 0.650. The van der Waals surface area contributed by atoms with Gasteiger partial charge in [0, 0.05) is 7.05 Å². The topological polar surface area (TPSA) is 57.7 Å². The van der Waals surface area contributed by atoms with Gasteiger partial charge in [-0.05, 0) is 6.07 Å². The van der Waals surface area contributed by atoms with Gasteiger partial charge in [-0.25, -0.2) is 4.79 Å². The number of rotatable bonds is 3. The number of thiophene rings is 1. The molecule has 0 N–H and O–H groups in total.